The van der Waals surface area contributed by atoms with Crippen molar-refractivity contribution in [2.24, 2.45) is 5.92 Å². The zero-order chi connectivity index (χ0) is 8.72. The first kappa shape index (κ1) is 8.06. The van der Waals surface area contributed by atoms with E-state index < -0.39 is 0 Å². The molecule has 0 saturated carbocycles. The molecule has 3 atom stereocenters. The van der Waals surface area contributed by atoms with Crippen LogP contribution >= 0.6 is 0 Å². The second-order valence-electron chi connectivity index (χ2n) is 4.21. The third kappa shape index (κ3) is 1.13. The van der Waals surface area contributed by atoms with Gasteiger partial charge in [0.1, 0.15) is 0 Å². The van der Waals surface area contributed by atoms with E-state index in [2.05, 4.69) is 25.0 Å². The van der Waals surface area contributed by atoms with Gasteiger partial charge in [-0.3, -0.25) is 4.90 Å². The Morgan fingerprint density at radius 1 is 1.58 bits per heavy atom. The summed E-state index contributed by atoms with van der Waals surface area (Å²) in [7, 11) is 0. The van der Waals surface area contributed by atoms with Crippen LogP contribution in [0.4, 0.5) is 0 Å². The molecule has 0 aromatic rings. The van der Waals surface area contributed by atoms with E-state index in [-0.39, 0.29) is 0 Å². The maximum atomic E-state index is 4.12. The lowest BCUT2D eigenvalue weighted by Gasteiger charge is -2.47. The van der Waals surface area contributed by atoms with Gasteiger partial charge in [-0.25, -0.2) is 0 Å². The van der Waals surface area contributed by atoms with E-state index in [4.69, 9.17) is 0 Å². The topological polar surface area (TPSA) is 3.24 Å². The summed E-state index contributed by atoms with van der Waals surface area (Å²) in [5.74, 6) is 0.789. The second-order valence-corrected chi connectivity index (χ2v) is 4.21. The maximum Gasteiger partial charge on any atom is 0.0311 e. The number of hydrogen-bond acceptors (Lipinski definition) is 1. The minimum absolute atomic E-state index is 0.647. The van der Waals surface area contributed by atoms with Crippen molar-refractivity contribution in [2.75, 3.05) is 13.1 Å². The van der Waals surface area contributed by atoms with Gasteiger partial charge in [-0.05, 0) is 32.2 Å². The number of nitrogens with zero attached hydrogens (tertiary/aromatic N) is 1. The SMILES string of the molecule is C=C1CN2CCC1CC2C(=C)C. The molecule has 0 radical (unpaired) electrons. The lowest BCUT2D eigenvalue weighted by molar-refractivity contribution is 0.113. The Hall–Kier alpha value is -0.560. The molecule has 3 aliphatic heterocycles. The van der Waals surface area contributed by atoms with Crippen LogP contribution in [0.15, 0.2) is 24.3 Å². The Morgan fingerprint density at radius 2 is 2.33 bits per heavy atom. The van der Waals surface area contributed by atoms with Crippen LogP contribution < -0.4 is 0 Å². The molecular formula is C11H17N. The molecule has 3 saturated heterocycles. The van der Waals surface area contributed by atoms with E-state index in [1.807, 2.05) is 0 Å². The lowest BCUT2D eigenvalue weighted by Crippen LogP contribution is -2.50. The van der Waals surface area contributed by atoms with E-state index in [0.717, 1.165) is 12.5 Å². The molecule has 0 aromatic carbocycles. The maximum absolute atomic E-state index is 4.12. The molecule has 12 heavy (non-hydrogen) atoms. The number of rotatable bonds is 1. The monoisotopic (exact) mass is 163 g/mol. The summed E-state index contributed by atoms with van der Waals surface area (Å²) < 4.78 is 0. The number of hydrogen-bond donors (Lipinski definition) is 0. The van der Waals surface area contributed by atoms with Gasteiger partial charge in [-0.15, -0.1) is 0 Å². The first-order valence-corrected chi connectivity index (χ1v) is 4.75. The Bertz CT molecular complexity index is 229. The van der Waals surface area contributed by atoms with Gasteiger partial charge >= 0.3 is 0 Å². The summed E-state index contributed by atoms with van der Waals surface area (Å²) in [5.41, 5.74) is 2.77. The highest BCUT2D eigenvalue weighted by atomic mass is 15.2. The van der Waals surface area contributed by atoms with Crippen LogP contribution in [0, 0.1) is 5.92 Å². The van der Waals surface area contributed by atoms with Gasteiger partial charge in [0.05, 0.1) is 0 Å². The fraction of sp³-hybridized carbons (Fsp3) is 0.636. The Balaban J connectivity index is 2.15. The predicted molar refractivity (Wildman–Crippen MR) is 52.0 cm³/mol. The first-order valence-electron chi connectivity index (χ1n) is 4.75. The number of fused-ring (bicyclic) bond motifs is 3. The van der Waals surface area contributed by atoms with Crippen molar-refractivity contribution in [2.45, 2.75) is 25.8 Å². The fourth-order valence-electron chi connectivity index (χ4n) is 2.48. The van der Waals surface area contributed by atoms with Crippen LogP contribution in [0.25, 0.3) is 0 Å². The van der Waals surface area contributed by atoms with Crippen molar-refractivity contribution < 1.29 is 0 Å². The van der Waals surface area contributed by atoms with Crippen molar-refractivity contribution in [3.05, 3.63) is 24.3 Å². The Kier molecular flexibility index (Phi) is 1.84. The molecule has 0 aromatic heterocycles. The van der Waals surface area contributed by atoms with E-state index in [9.17, 15) is 0 Å². The molecular weight excluding hydrogens is 146 g/mol. The fourth-order valence-corrected chi connectivity index (χ4v) is 2.48. The van der Waals surface area contributed by atoms with Crippen LogP contribution in [0.2, 0.25) is 0 Å². The standard InChI is InChI=1S/C11H17N/c1-8(2)11-6-10-4-5-12(11)7-9(10)3/h10-11H,1,3-7H2,2H3. The quantitative estimate of drug-likeness (QED) is 0.536. The molecule has 0 amide bonds. The largest absolute Gasteiger partial charge is 0.293 e. The van der Waals surface area contributed by atoms with Gasteiger partial charge < -0.3 is 0 Å². The molecule has 0 aliphatic carbocycles. The van der Waals surface area contributed by atoms with E-state index in [1.165, 1.54) is 30.5 Å². The molecule has 0 N–H and O–H groups in total. The molecule has 3 rings (SSSR count). The van der Waals surface area contributed by atoms with Gasteiger partial charge in [-0.2, -0.15) is 0 Å². The molecule has 3 aliphatic rings. The highest BCUT2D eigenvalue weighted by Gasteiger charge is 2.35. The summed E-state index contributed by atoms with van der Waals surface area (Å²) in [6.45, 7) is 12.7. The third-order valence-electron chi connectivity index (χ3n) is 3.27. The van der Waals surface area contributed by atoms with Gasteiger partial charge in [-0.1, -0.05) is 24.3 Å². The van der Waals surface area contributed by atoms with Crippen molar-refractivity contribution >= 4 is 0 Å². The first-order chi connectivity index (χ1) is 5.68. The molecule has 3 heterocycles. The summed E-state index contributed by atoms with van der Waals surface area (Å²) in [4.78, 5) is 2.52. The van der Waals surface area contributed by atoms with Gasteiger partial charge in [0.15, 0.2) is 0 Å². The normalized spacial score (nSPS) is 40.1. The molecule has 0 spiro atoms. The molecule has 3 unspecified atom stereocenters. The van der Waals surface area contributed by atoms with Crippen molar-refractivity contribution in [3.63, 3.8) is 0 Å². The van der Waals surface area contributed by atoms with Crippen molar-refractivity contribution in [3.8, 4) is 0 Å². The third-order valence-corrected chi connectivity index (χ3v) is 3.27. The minimum Gasteiger partial charge on any atom is -0.293 e. The van der Waals surface area contributed by atoms with E-state index >= 15 is 0 Å². The molecule has 3 fully saturated rings. The van der Waals surface area contributed by atoms with Gasteiger partial charge in [0.2, 0.25) is 0 Å². The van der Waals surface area contributed by atoms with Crippen LogP contribution in [0.3, 0.4) is 0 Å². The second kappa shape index (κ2) is 2.74. The predicted octanol–water partition coefficient (Wildman–Crippen LogP) is 2.21. The Labute approximate surface area is 74.8 Å². The zero-order valence-corrected chi connectivity index (χ0v) is 7.84. The Morgan fingerprint density at radius 3 is 2.75 bits per heavy atom. The van der Waals surface area contributed by atoms with Crippen LogP contribution in [0.5, 0.6) is 0 Å². The molecule has 1 nitrogen and oxygen atoms in total. The smallest absolute Gasteiger partial charge is 0.0311 e. The van der Waals surface area contributed by atoms with E-state index in [1.54, 1.807) is 0 Å². The zero-order valence-electron chi connectivity index (χ0n) is 7.84. The van der Waals surface area contributed by atoms with Crippen LogP contribution in [-0.4, -0.2) is 24.0 Å². The minimum atomic E-state index is 0.647. The van der Waals surface area contributed by atoms with Crippen molar-refractivity contribution in [1.82, 2.24) is 4.90 Å². The van der Waals surface area contributed by atoms with Crippen LogP contribution in [0.1, 0.15) is 19.8 Å². The summed E-state index contributed by atoms with van der Waals surface area (Å²) in [6, 6.07) is 0.647. The highest BCUT2D eigenvalue weighted by molar-refractivity contribution is 5.18. The summed E-state index contributed by atoms with van der Waals surface area (Å²) in [6.07, 6.45) is 2.59. The molecule has 2 bridgehead atoms. The molecule has 66 valence electrons. The average Bonchev–Trinajstić information content (AvgIpc) is 2.04. The van der Waals surface area contributed by atoms with Gasteiger partial charge in [0.25, 0.3) is 0 Å². The molecule has 1 heteroatoms. The van der Waals surface area contributed by atoms with Gasteiger partial charge in [0, 0.05) is 12.6 Å². The summed E-state index contributed by atoms with van der Waals surface area (Å²) >= 11 is 0. The van der Waals surface area contributed by atoms with Crippen LogP contribution in [-0.2, 0) is 0 Å². The number of piperidine rings is 3. The van der Waals surface area contributed by atoms with Crippen molar-refractivity contribution in [1.29, 1.82) is 0 Å². The van der Waals surface area contributed by atoms with E-state index in [0.29, 0.717) is 6.04 Å². The highest BCUT2D eigenvalue weighted by Crippen LogP contribution is 2.36. The summed E-state index contributed by atoms with van der Waals surface area (Å²) in [5, 5.41) is 0. The average molecular weight is 163 g/mol. The lowest BCUT2D eigenvalue weighted by atomic mass is 9.78.